The van der Waals surface area contributed by atoms with Gasteiger partial charge in [0.2, 0.25) is 11.8 Å². The van der Waals surface area contributed by atoms with E-state index in [4.69, 9.17) is 19.3 Å². The quantitative estimate of drug-likeness (QED) is 0.587. The number of carbonyl (C=O) groups is 3. The highest BCUT2D eigenvalue weighted by atomic mass is 16.5. The predicted octanol–water partition coefficient (Wildman–Crippen LogP) is 0.311. The van der Waals surface area contributed by atoms with E-state index in [0.29, 0.717) is 31.0 Å². The number of nitrogens with zero attached hydrogens (tertiary/aromatic N) is 1. The molecular formula is C19H26N2O7. The van der Waals surface area contributed by atoms with Crippen molar-refractivity contribution in [2.45, 2.75) is 18.9 Å². The lowest BCUT2D eigenvalue weighted by Crippen LogP contribution is -2.41. The van der Waals surface area contributed by atoms with Crippen molar-refractivity contribution in [3.63, 3.8) is 0 Å². The summed E-state index contributed by atoms with van der Waals surface area (Å²) < 4.78 is 15.3. The third kappa shape index (κ3) is 5.35. The minimum atomic E-state index is -1.15. The topological polar surface area (TPSA) is 114 Å². The highest BCUT2D eigenvalue weighted by molar-refractivity contribution is 5.89. The van der Waals surface area contributed by atoms with Gasteiger partial charge in [0.15, 0.2) is 17.6 Å². The number of carboxylic acids is 1. The van der Waals surface area contributed by atoms with Crippen molar-refractivity contribution in [3.8, 4) is 11.5 Å². The van der Waals surface area contributed by atoms with Gasteiger partial charge in [0.25, 0.3) is 0 Å². The second kappa shape index (κ2) is 9.93. The van der Waals surface area contributed by atoms with Crippen molar-refractivity contribution in [3.05, 3.63) is 23.8 Å². The number of benzene rings is 1. The maximum Gasteiger partial charge on any atom is 0.334 e. The lowest BCUT2D eigenvalue weighted by atomic mass is 10.1. The number of amides is 2. The van der Waals surface area contributed by atoms with Gasteiger partial charge >= 0.3 is 5.97 Å². The molecule has 9 nitrogen and oxygen atoms in total. The van der Waals surface area contributed by atoms with E-state index in [9.17, 15) is 14.4 Å². The Labute approximate surface area is 163 Å². The summed E-state index contributed by atoms with van der Waals surface area (Å²) in [5, 5.41) is 11.5. The molecule has 1 aliphatic heterocycles. The van der Waals surface area contributed by atoms with Gasteiger partial charge in [-0.3, -0.25) is 9.59 Å². The lowest BCUT2D eigenvalue weighted by molar-refractivity contribution is -0.148. The van der Waals surface area contributed by atoms with Gasteiger partial charge in [-0.05, 0) is 24.1 Å². The van der Waals surface area contributed by atoms with E-state index < -0.39 is 18.0 Å². The van der Waals surface area contributed by atoms with Crippen molar-refractivity contribution >= 4 is 17.8 Å². The maximum atomic E-state index is 12.2. The van der Waals surface area contributed by atoms with Crippen LogP contribution in [0.1, 0.15) is 12.0 Å². The molecule has 0 saturated carbocycles. The van der Waals surface area contributed by atoms with Crippen LogP contribution >= 0.6 is 0 Å². The molecule has 2 amide bonds. The molecule has 28 heavy (non-hydrogen) atoms. The van der Waals surface area contributed by atoms with Crippen molar-refractivity contribution < 1.29 is 33.7 Å². The van der Waals surface area contributed by atoms with Crippen molar-refractivity contribution in [1.82, 2.24) is 10.2 Å². The Hall–Kier alpha value is -2.81. The SMILES string of the molecule is COc1ccc(CCN2CC(C(=O)NCC(OC)C(=O)O)CC2=O)cc1OC. The molecule has 154 valence electrons. The maximum absolute atomic E-state index is 12.2. The van der Waals surface area contributed by atoms with Gasteiger partial charge in [0.05, 0.1) is 26.7 Å². The van der Waals surface area contributed by atoms with Crippen LogP contribution in [0.15, 0.2) is 18.2 Å². The van der Waals surface area contributed by atoms with E-state index in [2.05, 4.69) is 5.32 Å². The van der Waals surface area contributed by atoms with Crippen LogP contribution in [0.3, 0.4) is 0 Å². The van der Waals surface area contributed by atoms with E-state index in [1.807, 2.05) is 18.2 Å². The van der Waals surface area contributed by atoms with Gasteiger partial charge < -0.3 is 29.5 Å². The monoisotopic (exact) mass is 394 g/mol. The second-order valence-electron chi connectivity index (χ2n) is 6.49. The second-order valence-corrected chi connectivity index (χ2v) is 6.49. The molecule has 0 radical (unpaired) electrons. The van der Waals surface area contributed by atoms with E-state index in [1.165, 1.54) is 7.11 Å². The average molecular weight is 394 g/mol. The Kier molecular flexibility index (Phi) is 7.62. The highest BCUT2D eigenvalue weighted by Crippen LogP contribution is 2.28. The number of carboxylic acid groups (broad SMARTS) is 1. The molecule has 0 aromatic heterocycles. The first-order valence-electron chi connectivity index (χ1n) is 8.91. The Bertz CT molecular complexity index is 722. The molecule has 0 bridgehead atoms. The number of aliphatic carboxylic acids is 1. The standard InChI is InChI=1S/C19H26N2O7/c1-26-14-5-4-12(8-15(14)27-2)6-7-21-11-13(9-17(21)22)18(23)20-10-16(28-3)19(24)25/h4-5,8,13,16H,6-7,9-11H2,1-3H3,(H,20,23)(H,24,25). The molecule has 1 saturated heterocycles. The predicted molar refractivity (Wildman–Crippen MR) is 99.4 cm³/mol. The molecule has 1 aliphatic rings. The number of ether oxygens (including phenoxy) is 3. The third-order valence-corrected chi connectivity index (χ3v) is 4.73. The fourth-order valence-electron chi connectivity index (χ4n) is 3.07. The lowest BCUT2D eigenvalue weighted by Gasteiger charge is -2.18. The zero-order valence-electron chi connectivity index (χ0n) is 16.3. The number of likely N-dealkylation sites (tertiary alicyclic amines) is 1. The minimum Gasteiger partial charge on any atom is -0.493 e. The molecule has 1 heterocycles. The summed E-state index contributed by atoms with van der Waals surface area (Å²) in [5.74, 6) is -0.828. The fraction of sp³-hybridized carbons (Fsp3) is 0.526. The van der Waals surface area contributed by atoms with Gasteiger partial charge in [-0.25, -0.2) is 4.79 Å². The van der Waals surface area contributed by atoms with Gasteiger partial charge in [0, 0.05) is 26.6 Å². The number of nitrogens with one attached hydrogen (secondary N) is 1. The Morgan fingerprint density at radius 1 is 1.25 bits per heavy atom. The molecule has 2 N–H and O–H groups in total. The van der Waals surface area contributed by atoms with Crippen LogP contribution in [-0.2, 0) is 25.5 Å². The van der Waals surface area contributed by atoms with Gasteiger partial charge in [0.1, 0.15) is 0 Å². The Balaban J connectivity index is 1.87. The van der Waals surface area contributed by atoms with E-state index in [-0.39, 0.29) is 24.8 Å². The van der Waals surface area contributed by atoms with Gasteiger partial charge in [-0.15, -0.1) is 0 Å². The van der Waals surface area contributed by atoms with Crippen molar-refractivity contribution in [2.24, 2.45) is 5.92 Å². The van der Waals surface area contributed by atoms with E-state index in [0.717, 1.165) is 5.56 Å². The van der Waals surface area contributed by atoms with Crippen molar-refractivity contribution in [1.29, 1.82) is 0 Å². The first-order chi connectivity index (χ1) is 13.4. The molecular weight excluding hydrogens is 368 g/mol. The van der Waals surface area contributed by atoms with Crippen LogP contribution in [0.4, 0.5) is 0 Å². The summed E-state index contributed by atoms with van der Waals surface area (Å²) in [6.07, 6.45) is -0.379. The summed E-state index contributed by atoms with van der Waals surface area (Å²) >= 11 is 0. The first kappa shape index (κ1) is 21.5. The molecule has 1 aromatic carbocycles. The number of methoxy groups -OCH3 is 3. The highest BCUT2D eigenvalue weighted by Gasteiger charge is 2.34. The molecule has 2 unspecified atom stereocenters. The van der Waals surface area contributed by atoms with Crippen molar-refractivity contribution in [2.75, 3.05) is 41.0 Å². The van der Waals surface area contributed by atoms with E-state index >= 15 is 0 Å². The smallest absolute Gasteiger partial charge is 0.334 e. The molecule has 1 aromatic rings. The number of hydrogen-bond donors (Lipinski definition) is 2. The molecule has 2 atom stereocenters. The summed E-state index contributed by atoms with van der Waals surface area (Å²) in [4.78, 5) is 37.0. The van der Waals surface area contributed by atoms with Crippen LogP contribution in [0.25, 0.3) is 0 Å². The minimum absolute atomic E-state index is 0.0952. The molecule has 1 fully saturated rings. The third-order valence-electron chi connectivity index (χ3n) is 4.73. The van der Waals surface area contributed by atoms with E-state index in [1.54, 1.807) is 19.1 Å². The number of hydrogen-bond acceptors (Lipinski definition) is 6. The zero-order chi connectivity index (χ0) is 20.7. The van der Waals surface area contributed by atoms with Crippen LogP contribution in [0.5, 0.6) is 11.5 Å². The summed E-state index contributed by atoms with van der Waals surface area (Å²) in [6, 6.07) is 5.58. The Morgan fingerprint density at radius 3 is 2.57 bits per heavy atom. The van der Waals surface area contributed by atoms with Crippen LogP contribution in [0, 0.1) is 5.92 Å². The summed E-state index contributed by atoms with van der Waals surface area (Å²) in [6.45, 7) is 0.650. The normalized spacial score (nSPS) is 17.3. The summed E-state index contributed by atoms with van der Waals surface area (Å²) in [7, 11) is 4.39. The van der Waals surface area contributed by atoms with Crippen LogP contribution < -0.4 is 14.8 Å². The Morgan fingerprint density at radius 2 is 1.96 bits per heavy atom. The molecule has 0 spiro atoms. The van der Waals surface area contributed by atoms with Gasteiger partial charge in [-0.2, -0.15) is 0 Å². The average Bonchev–Trinajstić information content (AvgIpc) is 3.06. The van der Waals surface area contributed by atoms with Gasteiger partial charge in [-0.1, -0.05) is 6.07 Å². The number of carbonyl (C=O) groups excluding carboxylic acids is 2. The molecule has 9 heteroatoms. The van der Waals surface area contributed by atoms with Crippen LogP contribution in [0.2, 0.25) is 0 Å². The number of rotatable bonds is 10. The molecule has 2 rings (SSSR count). The first-order valence-corrected chi connectivity index (χ1v) is 8.91. The molecule has 0 aliphatic carbocycles. The zero-order valence-corrected chi connectivity index (χ0v) is 16.3. The largest absolute Gasteiger partial charge is 0.493 e. The fourth-order valence-corrected chi connectivity index (χ4v) is 3.07. The van der Waals surface area contributed by atoms with Crippen LogP contribution in [-0.4, -0.2) is 74.9 Å². The summed E-state index contributed by atoms with van der Waals surface area (Å²) in [5.41, 5.74) is 0.989.